The van der Waals surface area contributed by atoms with E-state index in [1.807, 2.05) is 12.1 Å². The van der Waals surface area contributed by atoms with Crippen molar-refractivity contribution >= 4 is 17.5 Å². The number of carbonyl (C=O) groups is 1. The van der Waals surface area contributed by atoms with Crippen molar-refractivity contribution < 1.29 is 4.79 Å². The van der Waals surface area contributed by atoms with Crippen LogP contribution in [0.2, 0.25) is 5.02 Å². The number of hydrogen-bond donors (Lipinski definition) is 1. The molecular weight excluding hydrogens is 332 g/mol. The molecule has 0 bridgehead atoms. The normalized spacial score (nSPS) is 20.0. The molecule has 2 aliphatic rings. The van der Waals surface area contributed by atoms with Gasteiger partial charge >= 0.3 is 0 Å². The SMILES string of the molecule is O=C1CC2(CCN(Cc3ccc(-c4ccc(Cl)cc4)cc3)CC2)CN1. The third-order valence-electron chi connectivity index (χ3n) is 5.65. The first-order valence-electron chi connectivity index (χ1n) is 8.96. The Kier molecular flexibility index (Phi) is 4.53. The fraction of sp³-hybridized carbons (Fsp3) is 0.381. The van der Waals surface area contributed by atoms with Gasteiger partial charge in [0.15, 0.2) is 0 Å². The average Bonchev–Trinajstić information content (AvgIpc) is 2.99. The van der Waals surface area contributed by atoms with Crippen LogP contribution < -0.4 is 5.32 Å². The van der Waals surface area contributed by atoms with E-state index in [0.29, 0.717) is 0 Å². The Bertz CT molecular complexity index is 746. The largest absolute Gasteiger partial charge is 0.356 e. The number of nitrogens with one attached hydrogen (secondary N) is 1. The van der Waals surface area contributed by atoms with Gasteiger partial charge in [-0.05, 0) is 60.2 Å². The first-order chi connectivity index (χ1) is 12.1. The predicted octanol–water partition coefficient (Wildman–Crippen LogP) is 4.11. The van der Waals surface area contributed by atoms with Gasteiger partial charge in [0, 0.05) is 24.5 Å². The molecule has 3 nitrogen and oxygen atoms in total. The van der Waals surface area contributed by atoms with Crippen molar-refractivity contribution in [1.29, 1.82) is 0 Å². The minimum Gasteiger partial charge on any atom is -0.356 e. The molecule has 4 heteroatoms. The van der Waals surface area contributed by atoms with E-state index in [0.717, 1.165) is 50.5 Å². The van der Waals surface area contributed by atoms with Crippen LogP contribution in [-0.4, -0.2) is 30.4 Å². The number of rotatable bonds is 3. The molecule has 0 saturated carbocycles. The summed E-state index contributed by atoms with van der Waals surface area (Å²) in [5.41, 5.74) is 3.98. The van der Waals surface area contributed by atoms with E-state index < -0.39 is 0 Å². The van der Waals surface area contributed by atoms with Crippen molar-refractivity contribution in [3.63, 3.8) is 0 Å². The number of piperidine rings is 1. The molecule has 0 radical (unpaired) electrons. The van der Waals surface area contributed by atoms with Crippen LogP contribution in [0.15, 0.2) is 48.5 Å². The molecule has 2 heterocycles. The quantitative estimate of drug-likeness (QED) is 0.899. The van der Waals surface area contributed by atoms with Gasteiger partial charge in [-0.2, -0.15) is 0 Å². The van der Waals surface area contributed by atoms with Crippen LogP contribution in [0.3, 0.4) is 0 Å². The summed E-state index contributed by atoms with van der Waals surface area (Å²) in [6.45, 7) is 4.01. The second-order valence-corrected chi connectivity index (χ2v) is 7.87. The Balaban J connectivity index is 1.36. The monoisotopic (exact) mass is 354 g/mol. The van der Waals surface area contributed by atoms with Gasteiger partial charge in [0.25, 0.3) is 0 Å². The molecule has 2 aliphatic heterocycles. The van der Waals surface area contributed by atoms with Gasteiger partial charge < -0.3 is 5.32 Å². The molecule has 2 saturated heterocycles. The zero-order valence-electron chi connectivity index (χ0n) is 14.3. The molecule has 130 valence electrons. The lowest BCUT2D eigenvalue weighted by molar-refractivity contribution is -0.119. The zero-order chi connectivity index (χ0) is 17.3. The van der Waals surface area contributed by atoms with E-state index in [1.54, 1.807) is 0 Å². The molecule has 0 unspecified atom stereocenters. The van der Waals surface area contributed by atoms with E-state index >= 15 is 0 Å². The van der Waals surface area contributed by atoms with Crippen LogP contribution in [-0.2, 0) is 11.3 Å². The van der Waals surface area contributed by atoms with Crippen molar-refractivity contribution in [2.75, 3.05) is 19.6 Å². The van der Waals surface area contributed by atoms with Crippen molar-refractivity contribution in [2.24, 2.45) is 5.41 Å². The van der Waals surface area contributed by atoms with E-state index in [-0.39, 0.29) is 11.3 Å². The first-order valence-corrected chi connectivity index (χ1v) is 9.34. The molecule has 25 heavy (non-hydrogen) atoms. The summed E-state index contributed by atoms with van der Waals surface area (Å²) in [7, 11) is 0. The van der Waals surface area contributed by atoms with Crippen molar-refractivity contribution in [3.8, 4) is 11.1 Å². The van der Waals surface area contributed by atoms with Crippen LogP contribution in [0, 0.1) is 5.41 Å². The molecular formula is C21H23ClN2O. The topological polar surface area (TPSA) is 32.3 Å². The van der Waals surface area contributed by atoms with Gasteiger partial charge in [0.05, 0.1) is 0 Å². The predicted molar refractivity (Wildman–Crippen MR) is 101 cm³/mol. The number of likely N-dealkylation sites (tertiary alicyclic amines) is 1. The lowest BCUT2D eigenvalue weighted by atomic mass is 9.77. The average molecular weight is 355 g/mol. The van der Waals surface area contributed by atoms with Crippen LogP contribution in [0.25, 0.3) is 11.1 Å². The van der Waals surface area contributed by atoms with Gasteiger partial charge in [0.1, 0.15) is 0 Å². The second kappa shape index (κ2) is 6.81. The van der Waals surface area contributed by atoms with E-state index in [9.17, 15) is 4.79 Å². The Hall–Kier alpha value is -1.84. The molecule has 1 spiro atoms. The lowest BCUT2D eigenvalue weighted by Gasteiger charge is -2.38. The van der Waals surface area contributed by atoms with Gasteiger partial charge in [-0.25, -0.2) is 0 Å². The first kappa shape index (κ1) is 16.6. The minimum atomic E-state index is 0.228. The van der Waals surface area contributed by atoms with E-state index in [1.165, 1.54) is 16.7 Å². The van der Waals surface area contributed by atoms with Crippen molar-refractivity contribution in [3.05, 3.63) is 59.1 Å². The summed E-state index contributed by atoms with van der Waals surface area (Å²) in [6.07, 6.45) is 2.96. The molecule has 2 aromatic rings. The van der Waals surface area contributed by atoms with Gasteiger partial charge in [-0.3, -0.25) is 9.69 Å². The maximum Gasteiger partial charge on any atom is 0.220 e. The fourth-order valence-electron chi connectivity index (χ4n) is 3.99. The van der Waals surface area contributed by atoms with Gasteiger partial charge in [0.2, 0.25) is 5.91 Å². The Morgan fingerprint density at radius 2 is 1.56 bits per heavy atom. The van der Waals surface area contributed by atoms with Crippen LogP contribution in [0.4, 0.5) is 0 Å². The van der Waals surface area contributed by atoms with Crippen LogP contribution >= 0.6 is 11.6 Å². The number of nitrogens with zero attached hydrogens (tertiary/aromatic N) is 1. The lowest BCUT2D eigenvalue weighted by Crippen LogP contribution is -2.40. The summed E-state index contributed by atoms with van der Waals surface area (Å²) < 4.78 is 0. The standard InChI is InChI=1S/C21H23ClN2O/c22-19-7-5-18(6-8-19)17-3-1-16(2-4-17)14-24-11-9-21(10-12-24)13-20(25)23-15-21/h1-8H,9-15H2,(H,23,25). The summed E-state index contributed by atoms with van der Waals surface area (Å²) >= 11 is 5.96. The molecule has 1 amide bonds. The Labute approximate surface area is 154 Å². The number of carbonyl (C=O) groups excluding carboxylic acids is 1. The second-order valence-electron chi connectivity index (χ2n) is 7.43. The third kappa shape index (κ3) is 3.73. The molecule has 2 fully saturated rings. The molecule has 0 aromatic heterocycles. The summed E-state index contributed by atoms with van der Waals surface area (Å²) in [5.74, 6) is 0.228. The summed E-state index contributed by atoms with van der Waals surface area (Å²) in [5, 5.41) is 3.77. The van der Waals surface area contributed by atoms with Crippen molar-refractivity contribution in [2.45, 2.75) is 25.8 Å². The zero-order valence-corrected chi connectivity index (χ0v) is 15.1. The van der Waals surface area contributed by atoms with E-state index in [2.05, 4.69) is 46.6 Å². The summed E-state index contributed by atoms with van der Waals surface area (Å²) in [6, 6.07) is 16.8. The van der Waals surface area contributed by atoms with Gasteiger partial charge in [-0.15, -0.1) is 0 Å². The van der Waals surface area contributed by atoms with Crippen molar-refractivity contribution in [1.82, 2.24) is 10.2 Å². The maximum absolute atomic E-state index is 11.5. The van der Waals surface area contributed by atoms with Crippen LogP contribution in [0.1, 0.15) is 24.8 Å². The summed E-state index contributed by atoms with van der Waals surface area (Å²) in [4.78, 5) is 14.0. The molecule has 2 aromatic carbocycles. The Morgan fingerprint density at radius 1 is 0.960 bits per heavy atom. The van der Waals surface area contributed by atoms with Crippen LogP contribution in [0.5, 0.6) is 0 Å². The molecule has 4 rings (SSSR count). The molecule has 0 atom stereocenters. The minimum absolute atomic E-state index is 0.228. The highest BCUT2D eigenvalue weighted by molar-refractivity contribution is 6.30. The highest BCUT2D eigenvalue weighted by Gasteiger charge is 2.40. The molecule has 1 N–H and O–H groups in total. The number of benzene rings is 2. The smallest absolute Gasteiger partial charge is 0.220 e. The highest BCUT2D eigenvalue weighted by atomic mass is 35.5. The third-order valence-corrected chi connectivity index (χ3v) is 5.90. The number of amides is 1. The van der Waals surface area contributed by atoms with Gasteiger partial charge in [-0.1, -0.05) is 48.0 Å². The fourth-order valence-corrected chi connectivity index (χ4v) is 4.12. The molecule has 0 aliphatic carbocycles. The Morgan fingerprint density at radius 3 is 2.12 bits per heavy atom. The number of halogens is 1. The highest BCUT2D eigenvalue weighted by Crippen LogP contribution is 2.37. The maximum atomic E-state index is 11.5. The number of hydrogen-bond acceptors (Lipinski definition) is 2. The van der Waals surface area contributed by atoms with E-state index in [4.69, 9.17) is 11.6 Å².